The van der Waals surface area contributed by atoms with Crippen molar-refractivity contribution in [1.82, 2.24) is 0 Å². The van der Waals surface area contributed by atoms with E-state index >= 15 is 0 Å². The quantitative estimate of drug-likeness (QED) is 0.771. The molecule has 2 N–H and O–H groups in total. The fourth-order valence-electron chi connectivity index (χ4n) is 1.83. The van der Waals surface area contributed by atoms with Crippen molar-refractivity contribution in [2.24, 2.45) is 5.92 Å². The molecule has 0 aliphatic rings. The first kappa shape index (κ1) is 13.7. The lowest BCUT2D eigenvalue weighted by Crippen LogP contribution is -2.28. The summed E-state index contributed by atoms with van der Waals surface area (Å²) in [6, 6.07) is 5.82. The van der Waals surface area contributed by atoms with E-state index in [9.17, 15) is 0 Å². The molecular weight excluding hydrogens is 212 g/mol. The smallest absolute Gasteiger partial charge is 0.121 e. The number of ether oxygens (including phenoxy) is 1. The summed E-state index contributed by atoms with van der Waals surface area (Å²) in [5, 5.41) is 0. The Hall–Kier alpha value is -1.38. The molecule has 0 heterocycles. The van der Waals surface area contributed by atoms with Crippen LogP contribution < -0.4 is 15.4 Å². The third-order valence-corrected chi connectivity index (χ3v) is 3.19. The van der Waals surface area contributed by atoms with Gasteiger partial charge in [0.05, 0.1) is 18.5 Å². The van der Waals surface area contributed by atoms with E-state index in [1.165, 1.54) is 6.42 Å². The van der Waals surface area contributed by atoms with Crippen LogP contribution in [0.4, 0.5) is 11.4 Å². The molecule has 0 aromatic heterocycles. The van der Waals surface area contributed by atoms with E-state index in [0.29, 0.717) is 5.92 Å². The number of methoxy groups -OCH3 is 1. The number of nitrogen functional groups attached to an aromatic ring is 1. The van der Waals surface area contributed by atoms with Crippen LogP contribution in [0.2, 0.25) is 0 Å². The fourth-order valence-corrected chi connectivity index (χ4v) is 1.83. The Labute approximate surface area is 105 Å². The normalized spacial score (nSPS) is 12.2. The monoisotopic (exact) mass is 236 g/mol. The maximum Gasteiger partial charge on any atom is 0.121 e. The van der Waals surface area contributed by atoms with Crippen molar-refractivity contribution in [3.05, 3.63) is 18.2 Å². The Balaban J connectivity index is 2.93. The van der Waals surface area contributed by atoms with Crippen LogP contribution in [0.15, 0.2) is 18.2 Å². The zero-order chi connectivity index (χ0) is 12.8. The van der Waals surface area contributed by atoms with Gasteiger partial charge in [0.15, 0.2) is 0 Å². The molecule has 0 bridgehead atoms. The molecule has 1 rings (SSSR count). The maximum absolute atomic E-state index is 6.04. The van der Waals surface area contributed by atoms with E-state index in [-0.39, 0.29) is 0 Å². The van der Waals surface area contributed by atoms with Crippen LogP contribution in [0.3, 0.4) is 0 Å². The zero-order valence-electron chi connectivity index (χ0n) is 11.4. The van der Waals surface area contributed by atoms with Crippen LogP contribution in [-0.2, 0) is 0 Å². The molecule has 0 aliphatic carbocycles. The van der Waals surface area contributed by atoms with Crippen LogP contribution in [-0.4, -0.2) is 20.2 Å². The molecule has 0 saturated heterocycles. The van der Waals surface area contributed by atoms with E-state index < -0.39 is 0 Å². The van der Waals surface area contributed by atoms with Crippen LogP contribution in [0.1, 0.15) is 27.2 Å². The predicted octanol–water partition coefficient (Wildman–Crippen LogP) is 3.15. The fraction of sp³-hybridized carbons (Fsp3) is 0.571. The molecule has 0 fully saturated rings. The van der Waals surface area contributed by atoms with Gasteiger partial charge in [0.25, 0.3) is 0 Å². The molecule has 1 aromatic rings. The van der Waals surface area contributed by atoms with Crippen molar-refractivity contribution in [3.8, 4) is 5.75 Å². The second-order valence-electron chi connectivity index (χ2n) is 4.48. The summed E-state index contributed by atoms with van der Waals surface area (Å²) in [5.41, 5.74) is 7.93. The van der Waals surface area contributed by atoms with E-state index in [0.717, 1.165) is 30.2 Å². The Morgan fingerprint density at radius 3 is 2.59 bits per heavy atom. The van der Waals surface area contributed by atoms with E-state index in [1.807, 2.05) is 18.2 Å². The second-order valence-corrected chi connectivity index (χ2v) is 4.48. The molecular formula is C14H24N2O. The van der Waals surface area contributed by atoms with E-state index in [1.54, 1.807) is 7.11 Å². The van der Waals surface area contributed by atoms with Gasteiger partial charge < -0.3 is 15.4 Å². The summed E-state index contributed by atoms with van der Waals surface area (Å²) in [5.74, 6) is 1.53. The largest absolute Gasteiger partial charge is 0.497 e. The molecule has 0 radical (unpaired) electrons. The maximum atomic E-state index is 6.04. The Morgan fingerprint density at radius 1 is 1.35 bits per heavy atom. The highest BCUT2D eigenvalue weighted by Gasteiger charge is 2.12. The lowest BCUT2D eigenvalue weighted by atomic mass is 10.1. The number of hydrogen-bond donors (Lipinski definition) is 1. The lowest BCUT2D eigenvalue weighted by molar-refractivity contribution is 0.414. The molecule has 3 nitrogen and oxygen atoms in total. The van der Waals surface area contributed by atoms with E-state index in [2.05, 4.69) is 25.7 Å². The van der Waals surface area contributed by atoms with Crippen molar-refractivity contribution in [3.63, 3.8) is 0 Å². The first-order valence-electron chi connectivity index (χ1n) is 6.30. The number of nitrogens with zero attached hydrogens (tertiary/aromatic N) is 1. The summed E-state index contributed by atoms with van der Waals surface area (Å²) in [4.78, 5) is 2.31. The van der Waals surface area contributed by atoms with Crippen molar-refractivity contribution < 1.29 is 4.74 Å². The average Bonchev–Trinajstić information content (AvgIpc) is 2.36. The number of hydrogen-bond acceptors (Lipinski definition) is 3. The molecule has 0 aliphatic heterocycles. The lowest BCUT2D eigenvalue weighted by Gasteiger charge is -2.27. The molecule has 3 heteroatoms. The van der Waals surface area contributed by atoms with Crippen molar-refractivity contribution in [2.45, 2.75) is 27.2 Å². The molecule has 96 valence electrons. The number of anilines is 2. The van der Waals surface area contributed by atoms with Crippen LogP contribution in [0.5, 0.6) is 5.75 Å². The highest BCUT2D eigenvalue weighted by Crippen LogP contribution is 2.28. The van der Waals surface area contributed by atoms with Gasteiger partial charge in [-0.3, -0.25) is 0 Å². The van der Waals surface area contributed by atoms with Gasteiger partial charge >= 0.3 is 0 Å². The van der Waals surface area contributed by atoms with Crippen LogP contribution in [0, 0.1) is 5.92 Å². The van der Waals surface area contributed by atoms with Gasteiger partial charge in [-0.2, -0.15) is 0 Å². The van der Waals surface area contributed by atoms with Crippen molar-refractivity contribution in [1.29, 1.82) is 0 Å². The Morgan fingerprint density at radius 2 is 2.06 bits per heavy atom. The molecule has 1 unspecified atom stereocenters. The SMILES string of the molecule is CCC(C)CN(CC)c1cc(OC)ccc1N. The highest BCUT2D eigenvalue weighted by molar-refractivity contribution is 5.69. The standard InChI is InChI=1S/C14H24N2O/c1-5-11(3)10-16(6-2)14-9-12(17-4)7-8-13(14)15/h7-9,11H,5-6,10,15H2,1-4H3. The second kappa shape index (κ2) is 6.38. The van der Waals surface area contributed by atoms with Gasteiger partial charge in [-0.25, -0.2) is 0 Å². The minimum absolute atomic E-state index is 0.667. The molecule has 1 atom stereocenters. The van der Waals surface area contributed by atoms with E-state index in [4.69, 9.17) is 10.5 Å². The van der Waals surface area contributed by atoms with Crippen molar-refractivity contribution in [2.75, 3.05) is 30.8 Å². The number of rotatable bonds is 6. The molecule has 1 aromatic carbocycles. The Kier molecular flexibility index (Phi) is 5.13. The molecule has 0 spiro atoms. The van der Waals surface area contributed by atoms with Crippen molar-refractivity contribution >= 4 is 11.4 Å². The van der Waals surface area contributed by atoms with Crippen LogP contribution in [0.25, 0.3) is 0 Å². The average molecular weight is 236 g/mol. The molecule has 0 amide bonds. The van der Waals surface area contributed by atoms with Gasteiger partial charge in [-0.05, 0) is 25.0 Å². The van der Waals surface area contributed by atoms with Gasteiger partial charge in [0, 0.05) is 19.2 Å². The topological polar surface area (TPSA) is 38.5 Å². The first-order valence-corrected chi connectivity index (χ1v) is 6.30. The summed E-state index contributed by atoms with van der Waals surface area (Å²) < 4.78 is 5.25. The van der Waals surface area contributed by atoms with Gasteiger partial charge in [-0.1, -0.05) is 20.3 Å². The number of benzene rings is 1. The summed E-state index contributed by atoms with van der Waals surface area (Å²) in [6.45, 7) is 8.62. The highest BCUT2D eigenvalue weighted by atomic mass is 16.5. The van der Waals surface area contributed by atoms with Crippen LogP contribution >= 0.6 is 0 Å². The summed E-state index contributed by atoms with van der Waals surface area (Å²) in [6.07, 6.45) is 1.18. The zero-order valence-corrected chi connectivity index (χ0v) is 11.4. The van der Waals surface area contributed by atoms with Gasteiger partial charge in [-0.15, -0.1) is 0 Å². The third kappa shape index (κ3) is 3.55. The van der Waals surface area contributed by atoms with Gasteiger partial charge in [0.2, 0.25) is 0 Å². The molecule has 17 heavy (non-hydrogen) atoms. The van der Waals surface area contributed by atoms with Gasteiger partial charge in [0.1, 0.15) is 5.75 Å². The minimum atomic E-state index is 0.667. The summed E-state index contributed by atoms with van der Waals surface area (Å²) >= 11 is 0. The summed E-state index contributed by atoms with van der Waals surface area (Å²) in [7, 11) is 1.68. The third-order valence-electron chi connectivity index (χ3n) is 3.19. The predicted molar refractivity (Wildman–Crippen MR) is 74.7 cm³/mol. The molecule has 0 saturated carbocycles. The first-order chi connectivity index (χ1) is 8.12. The minimum Gasteiger partial charge on any atom is -0.497 e. The number of nitrogens with two attached hydrogens (primary N) is 1. The Bertz CT molecular complexity index is 352.